The number of piperidine rings is 1. The van der Waals surface area contributed by atoms with Crippen LogP contribution in [0.25, 0.3) is 10.2 Å². The van der Waals surface area contributed by atoms with Crippen molar-refractivity contribution >= 4 is 27.5 Å². The van der Waals surface area contributed by atoms with Crippen LogP contribution in [0.2, 0.25) is 0 Å². The van der Waals surface area contributed by atoms with Gasteiger partial charge in [0.1, 0.15) is 5.01 Å². The van der Waals surface area contributed by atoms with Gasteiger partial charge in [-0.3, -0.25) is 4.79 Å². The average Bonchev–Trinajstić information content (AvgIpc) is 3.11. The van der Waals surface area contributed by atoms with Gasteiger partial charge in [0.15, 0.2) is 0 Å². The normalized spacial score (nSPS) is 17.8. The van der Waals surface area contributed by atoms with Crippen molar-refractivity contribution < 1.29 is 4.79 Å². The third kappa shape index (κ3) is 3.59. The number of aromatic nitrogens is 1. The van der Waals surface area contributed by atoms with Crippen LogP contribution in [0, 0.1) is 0 Å². The molecule has 2 aromatic carbocycles. The Balaban J connectivity index is 1.51. The maximum atomic E-state index is 12.9. The number of nitrogens with zero attached hydrogens (tertiary/aromatic N) is 2. The van der Waals surface area contributed by atoms with Gasteiger partial charge in [-0.05, 0) is 43.4 Å². The smallest absolute Gasteiger partial charge is 0.223 e. The zero-order chi connectivity index (χ0) is 17.1. The summed E-state index contributed by atoms with van der Waals surface area (Å²) in [6.45, 7) is 0.855. The fraction of sp³-hybridized carbons (Fsp3) is 0.333. The van der Waals surface area contributed by atoms with E-state index in [1.165, 1.54) is 16.7 Å². The van der Waals surface area contributed by atoms with E-state index >= 15 is 0 Å². The maximum absolute atomic E-state index is 12.9. The molecule has 1 aliphatic heterocycles. The van der Waals surface area contributed by atoms with Crippen LogP contribution in [0.5, 0.6) is 0 Å². The summed E-state index contributed by atoms with van der Waals surface area (Å²) in [5.74, 6) is 0.257. The van der Waals surface area contributed by atoms with E-state index in [1.54, 1.807) is 11.3 Å². The topological polar surface area (TPSA) is 33.2 Å². The Hall–Kier alpha value is -2.20. The van der Waals surface area contributed by atoms with Crippen molar-refractivity contribution in [2.75, 3.05) is 6.54 Å². The summed E-state index contributed by atoms with van der Waals surface area (Å²) in [7, 11) is 0. The number of amides is 1. The molecule has 0 radical (unpaired) electrons. The van der Waals surface area contributed by atoms with Crippen molar-refractivity contribution in [2.24, 2.45) is 0 Å². The molecule has 1 fully saturated rings. The van der Waals surface area contributed by atoms with Crippen molar-refractivity contribution in [1.82, 2.24) is 9.88 Å². The highest BCUT2D eigenvalue weighted by Gasteiger charge is 2.29. The van der Waals surface area contributed by atoms with Crippen LogP contribution >= 0.6 is 11.3 Å². The lowest BCUT2D eigenvalue weighted by atomic mass is 10.0. The minimum Gasteiger partial charge on any atom is -0.333 e. The first kappa shape index (κ1) is 16.3. The molecule has 0 saturated carbocycles. The molecule has 1 aromatic heterocycles. The predicted molar refractivity (Wildman–Crippen MR) is 103 cm³/mol. The van der Waals surface area contributed by atoms with Crippen LogP contribution in [0.4, 0.5) is 0 Å². The number of carbonyl (C=O) groups excluding carboxylic acids is 1. The second-order valence-electron chi connectivity index (χ2n) is 6.60. The Morgan fingerprint density at radius 2 is 1.88 bits per heavy atom. The molecule has 0 bridgehead atoms. The van der Waals surface area contributed by atoms with Gasteiger partial charge in [-0.1, -0.05) is 42.5 Å². The van der Waals surface area contributed by atoms with Crippen LogP contribution in [0.1, 0.15) is 42.3 Å². The van der Waals surface area contributed by atoms with Gasteiger partial charge < -0.3 is 4.90 Å². The zero-order valence-corrected chi connectivity index (χ0v) is 15.0. The van der Waals surface area contributed by atoms with Gasteiger partial charge in [0.05, 0.1) is 16.3 Å². The number of fused-ring (bicyclic) bond motifs is 1. The Bertz CT molecular complexity index is 825. The third-order valence-electron chi connectivity index (χ3n) is 4.89. The lowest BCUT2D eigenvalue weighted by molar-refractivity contribution is -0.135. The van der Waals surface area contributed by atoms with E-state index < -0.39 is 0 Å². The largest absolute Gasteiger partial charge is 0.333 e. The highest BCUT2D eigenvalue weighted by molar-refractivity contribution is 7.18. The molecule has 3 aromatic rings. The molecule has 25 heavy (non-hydrogen) atoms. The molecule has 1 atom stereocenters. The molecule has 4 heteroatoms. The van der Waals surface area contributed by atoms with Gasteiger partial charge in [-0.2, -0.15) is 0 Å². The fourth-order valence-electron chi connectivity index (χ4n) is 3.56. The first-order valence-corrected chi connectivity index (χ1v) is 9.82. The fourth-order valence-corrected chi connectivity index (χ4v) is 4.67. The lowest BCUT2D eigenvalue weighted by Crippen LogP contribution is -2.38. The van der Waals surface area contributed by atoms with Crippen LogP contribution in [0.15, 0.2) is 54.6 Å². The molecule has 0 N–H and O–H groups in total. The number of benzene rings is 2. The minimum atomic E-state index is 0.148. The number of rotatable bonds is 4. The number of carbonyl (C=O) groups is 1. The Morgan fingerprint density at radius 1 is 1.08 bits per heavy atom. The summed E-state index contributed by atoms with van der Waals surface area (Å²) in [6.07, 6.45) is 4.67. The summed E-state index contributed by atoms with van der Waals surface area (Å²) < 4.78 is 1.21. The summed E-state index contributed by atoms with van der Waals surface area (Å²) in [5, 5.41) is 1.09. The highest BCUT2D eigenvalue weighted by Crippen LogP contribution is 2.36. The van der Waals surface area contributed by atoms with Gasteiger partial charge in [-0.25, -0.2) is 4.98 Å². The summed E-state index contributed by atoms with van der Waals surface area (Å²) in [4.78, 5) is 19.8. The second-order valence-corrected chi connectivity index (χ2v) is 7.67. The molecule has 3 nitrogen and oxygen atoms in total. The number of aryl methyl sites for hydroxylation is 1. The monoisotopic (exact) mass is 350 g/mol. The molecule has 0 aliphatic carbocycles. The van der Waals surface area contributed by atoms with Crippen LogP contribution < -0.4 is 0 Å². The molecule has 1 aliphatic rings. The van der Waals surface area contributed by atoms with Crippen molar-refractivity contribution in [3.63, 3.8) is 0 Å². The Labute approximate surface area is 152 Å². The Morgan fingerprint density at radius 3 is 2.72 bits per heavy atom. The molecule has 4 rings (SSSR count). The van der Waals surface area contributed by atoms with E-state index in [9.17, 15) is 4.79 Å². The third-order valence-corrected chi connectivity index (χ3v) is 6.03. The second kappa shape index (κ2) is 7.36. The molecule has 1 amide bonds. The molecular formula is C21H22N2OS. The van der Waals surface area contributed by atoms with Crippen molar-refractivity contribution in [3.8, 4) is 0 Å². The number of para-hydroxylation sites is 1. The van der Waals surface area contributed by atoms with Crippen LogP contribution in [-0.4, -0.2) is 22.3 Å². The van der Waals surface area contributed by atoms with E-state index in [1.807, 2.05) is 30.3 Å². The SMILES string of the molecule is O=C(CCc1ccccc1)N1CCCC[C@H]1c1nc2ccccc2s1. The van der Waals surface area contributed by atoms with Crippen LogP contribution in [-0.2, 0) is 11.2 Å². The van der Waals surface area contributed by atoms with E-state index in [-0.39, 0.29) is 11.9 Å². The van der Waals surface area contributed by atoms with Gasteiger partial charge in [0.2, 0.25) is 5.91 Å². The minimum absolute atomic E-state index is 0.148. The standard InChI is InChI=1S/C21H22N2OS/c24-20(14-13-16-8-2-1-3-9-16)23-15-7-6-11-18(23)21-22-17-10-4-5-12-19(17)25-21/h1-5,8-10,12,18H,6-7,11,13-15H2/t18-/m0/s1. The highest BCUT2D eigenvalue weighted by atomic mass is 32.1. The van der Waals surface area contributed by atoms with E-state index in [4.69, 9.17) is 4.98 Å². The van der Waals surface area contributed by atoms with Gasteiger partial charge >= 0.3 is 0 Å². The zero-order valence-electron chi connectivity index (χ0n) is 14.2. The number of likely N-dealkylation sites (tertiary alicyclic amines) is 1. The molecule has 2 heterocycles. The number of hydrogen-bond donors (Lipinski definition) is 0. The molecule has 0 spiro atoms. The molecular weight excluding hydrogens is 328 g/mol. The van der Waals surface area contributed by atoms with E-state index in [0.717, 1.165) is 36.3 Å². The van der Waals surface area contributed by atoms with Crippen molar-refractivity contribution in [1.29, 1.82) is 0 Å². The van der Waals surface area contributed by atoms with E-state index in [2.05, 4.69) is 29.2 Å². The summed E-state index contributed by atoms with van der Waals surface area (Å²) in [6, 6.07) is 18.6. The number of thiazole rings is 1. The van der Waals surface area contributed by atoms with Crippen molar-refractivity contribution in [3.05, 3.63) is 65.2 Å². The molecule has 0 unspecified atom stereocenters. The maximum Gasteiger partial charge on any atom is 0.223 e. The van der Waals surface area contributed by atoms with Gasteiger partial charge in [0, 0.05) is 13.0 Å². The summed E-state index contributed by atoms with van der Waals surface area (Å²) >= 11 is 1.73. The average molecular weight is 350 g/mol. The van der Waals surface area contributed by atoms with Crippen molar-refractivity contribution in [2.45, 2.75) is 38.1 Å². The van der Waals surface area contributed by atoms with E-state index in [0.29, 0.717) is 6.42 Å². The first-order chi connectivity index (χ1) is 12.3. The number of hydrogen-bond acceptors (Lipinski definition) is 3. The van der Waals surface area contributed by atoms with Gasteiger partial charge in [0.25, 0.3) is 0 Å². The Kier molecular flexibility index (Phi) is 4.79. The predicted octanol–water partition coefficient (Wildman–Crippen LogP) is 4.98. The first-order valence-electron chi connectivity index (χ1n) is 9.00. The van der Waals surface area contributed by atoms with Gasteiger partial charge in [-0.15, -0.1) is 11.3 Å². The lowest BCUT2D eigenvalue weighted by Gasteiger charge is -2.34. The summed E-state index contributed by atoms with van der Waals surface area (Å²) in [5.41, 5.74) is 2.27. The van der Waals surface area contributed by atoms with Crippen LogP contribution in [0.3, 0.4) is 0 Å². The molecule has 128 valence electrons. The quantitative estimate of drug-likeness (QED) is 0.665. The molecule has 1 saturated heterocycles.